The van der Waals surface area contributed by atoms with Crippen molar-refractivity contribution in [1.29, 1.82) is 0 Å². The fraction of sp³-hybridized carbons (Fsp3) is 0.429. The van der Waals surface area contributed by atoms with Gasteiger partial charge < -0.3 is 5.32 Å². The molecule has 1 aromatic carbocycles. The van der Waals surface area contributed by atoms with E-state index in [-0.39, 0.29) is 11.9 Å². The maximum absolute atomic E-state index is 11.7. The fourth-order valence-electron chi connectivity index (χ4n) is 1.59. The summed E-state index contributed by atoms with van der Waals surface area (Å²) >= 11 is 1.45. The Morgan fingerprint density at radius 1 is 1.39 bits per heavy atom. The van der Waals surface area contributed by atoms with E-state index in [1.165, 1.54) is 11.8 Å². The average molecular weight is 265 g/mol. The van der Waals surface area contributed by atoms with Gasteiger partial charge in [0.15, 0.2) is 0 Å². The second-order valence-corrected chi connectivity index (χ2v) is 5.11. The second-order valence-electron chi connectivity index (χ2n) is 4.06. The van der Waals surface area contributed by atoms with E-state index in [1.807, 2.05) is 12.1 Å². The number of benzene rings is 1. The Hall–Kier alpha value is -1.29. The number of thioether (sulfide) groups is 1. The topological polar surface area (TPSA) is 46.2 Å². The first-order valence-corrected chi connectivity index (χ1v) is 7.15. The molecule has 1 rings (SSSR count). The van der Waals surface area contributed by atoms with Crippen molar-refractivity contribution >= 4 is 24.0 Å². The Balaban J connectivity index is 2.44. The third kappa shape index (κ3) is 4.92. The highest BCUT2D eigenvalue weighted by Gasteiger charge is 2.08. The van der Waals surface area contributed by atoms with Crippen LogP contribution in [-0.2, 0) is 4.79 Å². The van der Waals surface area contributed by atoms with Crippen LogP contribution in [0.2, 0.25) is 0 Å². The SMILES string of the molecule is CCC(CC)NC(=O)CSc1cccc(C=O)c1. The largest absolute Gasteiger partial charge is 0.353 e. The number of rotatable bonds is 7. The molecular formula is C14H19NO2S. The molecule has 0 heterocycles. The number of nitrogens with one attached hydrogen (secondary N) is 1. The normalized spacial score (nSPS) is 10.4. The van der Waals surface area contributed by atoms with E-state index in [2.05, 4.69) is 19.2 Å². The van der Waals surface area contributed by atoms with Gasteiger partial charge in [0.1, 0.15) is 6.29 Å². The van der Waals surface area contributed by atoms with Gasteiger partial charge in [-0.25, -0.2) is 0 Å². The zero-order valence-corrected chi connectivity index (χ0v) is 11.6. The number of aldehydes is 1. The zero-order valence-electron chi connectivity index (χ0n) is 10.8. The monoisotopic (exact) mass is 265 g/mol. The summed E-state index contributed by atoms with van der Waals surface area (Å²) in [5.41, 5.74) is 0.639. The highest BCUT2D eigenvalue weighted by atomic mass is 32.2. The molecule has 1 amide bonds. The van der Waals surface area contributed by atoms with Crippen LogP contribution in [0.4, 0.5) is 0 Å². The second kappa shape index (κ2) is 7.93. The lowest BCUT2D eigenvalue weighted by molar-refractivity contribution is -0.119. The van der Waals surface area contributed by atoms with Gasteiger partial charge in [-0.3, -0.25) is 9.59 Å². The quantitative estimate of drug-likeness (QED) is 0.609. The standard InChI is InChI=1S/C14H19NO2S/c1-3-12(4-2)15-14(17)10-18-13-7-5-6-11(8-13)9-16/h5-9,12H,3-4,10H2,1-2H3,(H,15,17). The van der Waals surface area contributed by atoms with Crippen LogP contribution in [-0.4, -0.2) is 24.0 Å². The minimum Gasteiger partial charge on any atom is -0.353 e. The first-order valence-electron chi connectivity index (χ1n) is 6.17. The van der Waals surface area contributed by atoms with Gasteiger partial charge in [-0.05, 0) is 25.0 Å². The molecule has 0 saturated heterocycles. The van der Waals surface area contributed by atoms with Crippen molar-refractivity contribution in [2.45, 2.75) is 37.6 Å². The van der Waals surface area contributed by atoms with E-state index >= 15 is 0 Å². The zero-order chi connectivity index (χ0) is 13.4. The smallest absolute Gasteiger partial charge is 0.230 e. The van der Waals surface area contributed by atoms with Gasteiger partial charge in [-0.2, -0.15) is 0 Å². The van der Waals surface area contributed by atoms with Crippen LogP contribution in [0.5, 0.6) is 0 Å². The summed E-state index contributed by atoms with van der Waals surface area (Å²) in [7, 11) is 0. The van der Waals surface area contributed by atoms with Gasteiger partial charge in [0.2, 0.25) is 5.91 Å². The summed E-state index contributed by atoms with van der Waals surface area (Å²) in [6, 6.07) is 7.54. The van der Waals surface area contributed by atoms with Crippen LogP contribution in [0.1, 0.15) is 37.0 Å². The molecule has 1 aromatic rings. The van der Waals surface area contributed by atoms with Gasteiger partial charge in [0.25, 0.3) is 0 Å². The van der Waals surface area contributed by atoms with Crippen molar-refractivity contribution in [2.75, 3.05) is 5.75 Å². The molecule has 1 N–H and O–H groups in total. The van der Waals surface area contributed by atoms with Gasteiger partial charge in [-0.15, -0.1) is 11.8 Å². The van der Waals surface area contributed by atoms with Crippen molar-refractivity contribution in [1.82, 2.24) is 5.32 Å². The van der Waals surface area contributed by atoms with Crippen molar-refractivity contribution in [3.8, 4) is 0 Å². The van der Waals surface area contributed by atoms with E-state index < -0.39 is 0 Å². The van der Waals surface area contributed by atoms with Gasteiger partial charge >= 0.3 is 0 Å². The predicted octanol–water partition coefficient (Wildman–Crippen LogP) is 2.90. The Morgan fingerprint density at radius 2 is 2.11 bits per heavy atom. The summed E-state index contributed by atoms with van der Waals surface area (Å²) in [5.74, 6) is 0.434. The van der Waals surface area contributed by atoms with E-state index in [9.17, 15) is 9.59 Å². The molecule has 0 aliphatic carbocycles. The maximum atomic E-state index is 11.7. The lowest BCUT2D eigenvalue weighted by Crippen LogP contribution is -2.34. The third-order valence-corrected chi connectivity index (χ3v) is 3.71. The summed E-state index contributed by atoms with van der Waals surface area (Å²) in [6.07, 6.45) is 2.72. The van der Waals surface area contributed by atoms with Crippen LogP contribution >= 0.6 is 11.8 Å². The van der Waals surface area contributed by atoms with E-state index in [1.54, 1.807) is 12.1 Å². The molecule has 0 radical (unpaired) electrons. The van der Waals surface area contributed by atoms with Crippen molar-refractivity contribution < 1.29 is 9.59 Å². The summed E-state index contributed by atoms with van der Waals surface area (Å²) in [4.78, 5) is 23.3. The van der Waals surface area contributed by atoms with Crippen molar-refractivity contribution in [2.24, 2.45) is 0 Å². The van der Waals surface area contributed by atoms with Crippen molar-refractivity contribution in [3.05, 3.63) is 29.8 Å². The molecular weight excluding hydrogens is 246 g/mol. The summed E-state index contributed by atoms with van der Waals surface area (Å²) < 4.78 is 0. The Bertz CT molecular complexity index is 403. The number of amides is 1. The number of carbonyl (C=O) groups excluding carboxylic acids is 2. The predicted molar refractivity (Wildman–Crippen MR) is 75.1 cm³/mol. The molecule has 0 aliphatic rings. The molecule has 0 aromatic heterocycles. The van der Waals surface area contributed by atoms with E-state index in [0.717, 1.165) is 24.0 Å². The van der Waals surface area contributed by atoms with E-state index in [0.29, 0.717) is 11.3 Å². The molecule has 0 aliphatic heterocycles. The lowest BCUT2D eigenvalue weighted by Gasteiger charge is -2.14. The fourth-order valence-corrected chi connectivity index (χ4v) is 2.36. The maximum Gasteiger partial charge on any atom is 0.230 e. The Labute approximate surface area is 112 Å². The van der Waals surface area contributed by atoms with Crippen LogP contribution in [0, 0.1) is 0 Å². The highest BCUT2D eigenvalue weighted by Crippen LogP contribution is 2.18. The minimum atomic E-state index is 0.0465. The molecule has 18 heavy (non-hydrogen) atoms. The number of hydrogen-bond acceptors (Lipinski definition) is 3. The van der Waals surface area contributed by atoms with Crippen LogP contribution in [0.3, 0.4) is 0 Å². The minimum absolute atomic E-state index is 0.0465. The highest BCUT2D eigenvalue weighted by molar-refractivity contribution is 8.00. The Kier molecular flexibility index (Phi) is 6.50. The third-order valence-electron chi connectivity index (χ3n) is 2.71. The van der Waals surface area contributed by atoms with Crippen LogP contribution in [0.15, 0.2) is 29.2 Å². The number of carbonyl (C=O) groups is 2. The molecule has 0 fully saturated rings. The summed E-state index contributed by atoms with van der Waals surface area (Å²) in [5, 5.41) is 2.99. The molecule has 0 atom stereocenters. The van der Waals surface area contributed by atoms with Gasteiger partial charge in [0.05, 0.1) is 5.75 Å². The first kappa shape index (κ1) is 14.8. The average Bonchev–Trinajstić information content (AvgIpc) is 2.42. The molecule has 3 nitrogen and oxygen atoms in total. The van der Waals surface area contributed by atoms with Crippen LogP contribution < -0.4 is 5.32 Å². The first-order chi connectivity index (χ1) is 8.69. The van der Waals surface area contributed by atoms with Crippen LogP contribution in [0.25, 0.3) is 0 Å². The molecule has 98 valence electrons. The Morgan fingerprint density at radius 3 is 2.72 bits per heavy atom. The van der Waals surface area contributed by atoms with E-state index in [4.69, 9.17) is 0 Å². The number of hydrogen-bond donors (Lipinski definition) is 1. The van der Waals surface area contributed by atoms with Crippen molar-refractivity contribution in [3.63, 3.8) is 0 Å². The molecule has 0 bridgehead atoms. The molecule has 0 saturated carbocycles. The lowest BCUT2D eigenvalue weighted by atomic mass is 10.2. The van der Waals surface area contributed by atoms with Gasteiger partial charge in [0, 0.05) is 16.5 Å². The molecule has 0 spiro atoms. The summed E-state index contributed by atoms with van der Waals surface area (Å²) in [6.45, 7) is 4.13. The molecule has 0 unspecified atom stereocenters. The van der Waals surface area contributed by atoms with Gasteiger partial charge in [-0.1, -0.05) is 26.0 Å². The molecule has 4 heteroatoms.